The van der Waals surface area contributed by atoms with Crippen LogP contribution >= 0.6 is 0 Å². The molecule has 2 N–H and O–H groups in total. The Morgan fingerprint density at radius 3 is 2.63 bits per heavy atom. The van der Waals surface area contributed by atoms with Crippen molar-refractivity contribution in [3.05, 3.63) is 27.7 Å². The maximum Gasteiger partial charge on any atom is 0.274 e. The van der Waals surface area contributed by atoms with E-state index in [1.807, 2.05) is 6.92 Å². The number of fused-ring (bicyclic) bond motifs is 1. The number of amides is 1. The van der Waals surface area contributed by atoms with Crippen molar-refractivity contribution < 1.29 is 4.79 Å². The van der Waals surface area contributed by atoms with E-state index in [4.69, 9.17) is 0 Å². The molecule has 0 aliphatic carbocycles. The van der Waals surface area contributed by atoms with Crippen molar-refractivity contribution in [1.82, 2.24) is 29.9 Å². The Bertz CT molecular complexity index is 863. The first-order valence-corrected chi connectivity index (χ1v) is 9.68. The van der Waals surface area contributed by atoms with Gasteiger partial charge in [-0.25, -0.2) is 4.98 Å². The van der Waals surface area contributed by atoms with Gasteiger partial charge < -0.3 is 15.1 Å². The van der Waals surface area contributed by atoms with Gasteiger partial charge in [0.05, 0.1) is 10.9 Å². The predicted molar refractivity (Wildman–Crippen MR) is 106 cm³/mol. The van der Waals surface area contributed by atoms with Gasteiger partial charge >= 0.3 is 0 Å². The highest BCUT2D eigenvalue weighted by molar-refractivity contribution is 6.05. The number of likely N-dealkylation sites (N-methyl/N-ethyl adjacent to an activating group) is 1. The van der Waals surface area contributed by atoms with Crippen molar-refractivity contribution in [2.24, 2.45) is 13.0 Å². The molecule has 27 heavy (non-hydrogen) atoms. The largest absolute Gasteiger partial charge is 0.352 e. The number of nitrogens with zero attached hydrogens (tertiary/aromatic N) is 4. The first kappa shape index (κ1) is 19.6. The summed E-state index contributed by atoms with van der Waals surface area (Å²) in [5, 5.41) is 6.02. The zero-order valence-electron chi connectivity index (χ0n) is 16.7. The average molecular weight is 374 g/mol. The third-order valence-electron chi connectivity index (χ3n) is 5.28. The van der Waals surface area contributed by atoms with E-state index >= 15 is 0 Å². The topological polar surface area (TPSA) is 86.3 Å². The number of carbonyl (C=O) groups is 1. The molecule has 0 aromatic carbocycles. The Morgan fingerprint density at radius 2 is 1.96 bits per heavy atom. The Balaban J connectivity index is 1.61. The molecule has 1 unspecified atom stereocenters. The number of hydrogen-bond acceptors (Lipinski definition) is 5. The number of pyridine rings is 1. The van der Waals surface area contributed by atoms with Gasteiger partial charge in [0.2, 0.25) is 0 Å². The molecule has 0 radical (unpaired) electrons. The molecule has 2 aromatic rings. The van der Waals surface area contributed by atoms with Crippen LogP contribution in [-0.4, -0.2) is 76.3 Å². The standard InChI is InChI=1S/C19H30N6O2/c1-5-24-6-8-25(9-7-24)12-13(2)11-20-18(26)15-10-14(3)21-17-16(15)19(27)22-23(17)4/h10,13H,5-9,11-12H2,1-4H3,(H,20,26)(H,22,27). The molecule has 8 nitrogen and oxygen atoms in total. The second-order valence-corrected chi connectivity index (χ2v) is 7.56. The van der Waals surface area contributed by atoms with E-state index in [1.54, 1.807) is 17.8 Å². The highest BCUT2D eigenvalue weighted by atomic mass is 16.2. The molecule has 1 aliphatic rings. The molecule has 2 aromatic heterocycles. The van der Waals surface area contributed by atoms with E-state index in [1.165, 1.54) is 0 Å². The predicted octanol–water partition coefficient (Wildman–Crippen LogP) is 0.573. The van der Waals surface area contributed by atoms with Crippen LogP contribution < -0.4 is 10.9 Å². The summed E-state index contributed by atoms with van der Waals surface area (Å²) in [6.07, 6.45) is 0. The van der Waals surface area contributed by atoms with Crippen LogP contribution in [-0.2, 0) is 7.05 Å². The summed E-state index contributed by atoms with van der Waals surface area (Å²) in [7, 11) is 1.72. The smallest absolute Gasteiger partial charge is 0.274 e. The summed E-state index contributed by atoms with van der Waals surface area (Å²) in [5.74, 6) is 0.125. The first-order valence-electron chi connectivity index (χ1n) is 9.68. The van der Waals surface area contributed by atoms with Crippen LogP contribution in [0.15, 0.2) is 10.9 Å². The molecule has 148 valence electrons. The summed E-state index contributed by atoms with van der Waals surface area (Å²) in [6, 6.07) is 1.68. The minimum atomic E-state index is -0.285. The molecular weight excluding hydrogens is 344 g/mol. The molecule has 1 atom stereocenters. The van der Waals surface area contributed by atoms with Crippen molar-refractivity contribution in [2.75, 3.05) is 45.8 Å². The lowest BCUT2D eigenvalue weighted by molar-refractivity contribution is 0.0935. The quantitative estimate of drug-likeness (QED) is 0.772. The summed E-state index contributed by atoms with van der Waals surface area (Å²) in [5.41, 5.74) is 1.33. The van der Waals surface area contributed by atoms with Crippen molar-refractivity contribution in [3.63, 3.8) is 0 Å². The fourth-order valence-corrected chi connectivity index (χ4v) is 3.72. The number of hydrogen-bond donors (Lipinski definition) is 2. The molecule has 8 heteroatoms. The van der Waals surface area contributed by atoms with Crippen LogP contribution in [0.4, 0.5) is 0 Å². The lowest BCUT2D eigenvalue weighted by Gasteiger charge is -2.35. The van der Waals surface area contributed by atoms with E-state index in [0.29, 0.717) is 34.8 Å². The van der Waals surface area contributed by atoms with Crippen LogP contribution in [0.5, 0.6) is 0 Å². The van der Waals surface area contributed by atoms with Gasteiger partial charge in [-0.2, -0.15) is 0 Å². The molecule has 1 saturated heterocycles. The monoisotopic (exact) mass is 374 g/mol. The second-order valence-electron chi connectivity index (χ2n) is 7.56. The number of rotatable bonds is 6. The second kappa shape index (κ2) is 8.22. The van der Waals surface area contributed by atoms with E-state index in [0.717, 1.165) is 39.3 Å². The Hall–Kier alpha value is -2.19. The highest BCUT2D eigenvalue weighted by Gasteiger charge is 2.20. The summed E-state index contributed by atoms with van der Waals surface area (Å²) in [4.78, 5) is 34.2. The van der Waals surface area contributed by atoms with Crippen LogP contribution in [0, 0.1) is 12.8 Å². The van der Waals surface area contributed by atoms with Gasteiger partial charge in [-0.15, -0.1) is 0 Å². The van der Waals surface area contributed by atoms with Crippen LogP contribution in [0.2, 0.25) is 0 Å². The van der Waals surface area contributed by atoms with Gasteiger partial charge in [-0.3, -0.25) is 19.4 Å². The van der Waals surface area contributed by atoms with Gasteiger partial charge in [0.1, 0.15) is 0 Å². The van der Waals surface area contributed by atoms with Crippen LogP contribution in [0.25, 0.3) is 11.0 Å². The number of aromatic nitrogens is 3. The maximum atomic E-state index is 12.7. The van der Waals surface area contributed by atoms with Gasteiger partial charge in [-0.05, 0) is 25.5 Å². The van der Waals surface area contributed by atoms with E-state index in [2.05, 4.69) is 39.0 Å². The number of aromatic amines is 1. The van der Waals surface area contributed by atoms with Crippen molar-refractivity contribution in [1.29, 1.82) is 0 Å². The number of piperazine rings is 1. The Morgan fingerprint density at radius 1 is 1.30 bits per heavy atom. The molecule has 1 amide bonds. The number of carbonyl (C=O) groups excluding carboxylic acids is 1. The lowest BCUT2D eigenvalue weighted by Crippen LogP contribution is -2.48. The molecule has 3 rings (SSSR count). The Labute approximate surface area is 159 Å². The zero-order valence-corrected chi connectivity index (χ0v) is 16.7. The SMILES string of the molecule is CCN1CCN(CC(C)CNC(=O)c2cc(C)nc3c2c(=O)[nH]n3C)CC1. The summed E-state index contributed by atoms with van der Waals surface area (Å²) in [6.45, 7) is 13.2. The zero-order chi connectivity index (χ0) is 19.6. The average Bonchev–Trinajstić information content (AvgIpc) is 2.93. The minimum absolute atomic E-state index is 0.218. The molecule has 1 aliphatic heterocycles. The third-order valence-corrected chi connectivity index (χ3v) is 5.28. The van der Waals surface area contributed by atoms with E-state index in [9.17, 15) is 9.59 Å². The molecule has 0 spiro atoms. The minimum Gasteiger partial charge on any atom is -0.352 e. The molecule has 0 bridgehead atoms. The van der Waals surface area contributed by atoms with Gasteiger partial charge in [-0.1, -0.05) is 13.8 Å². The van der Waals surface area contributed by atoms with E-state index in [-0.39, 0.29) is 11.5 Å². The van der Waals surface area contributed by atoms with Crippen LogP contribution in [0.1, 0.15) is 29.9 Å². The molecular formula is C19H30N6O2. The summed E-state index contributed by atoms with van der Waals surface area (Å²) >= 11 is 0. The van der Waals surface area contributed by atoms with Crippen LogP contribution in [0.3, 0.4) is 0 Å². The van der Waals surface area contributed by atoms with Gasteiger partial charge in [0.15, 0.2) is 5.65 Å². The highest BCUT2D eigenvalue weighted by Crippen LogP contribution is 2.14. The number of H-pyrrole nitrogens is 1. The van der Waals surface area contributed by atoms with Crippen molar-refractivity contribution >= 4 is 16.9 Å². The molecule has 1 fully saturated rings. The van der Waals surface area contributed by atoms with Crippen molar-refractivity contribution in [3.8, 4) is 0 Å². The third kappa shape index (κ3) is 4.39. The van der Waals surface area contributed by atoms with Gasteiger partial charge in [0, 0.05) is 52.0 Å². The van der Waals surface area contributed by atoms with Gasteiger partial charge in [0.25, 0.3) is 11.5 Å². The summed E-state index contributed by atoms with van der Waals surface area (Å²) < 4.78 is 1.56. The number of nitrogens with one attached hydrogen (secondary N) is 2. The fraction of sp³-hybridized carbons (Fsp3) is 0.632. The molecule has 0 saturated carbocycles. The van der Waals surface area contributed by atoms with E-state index < -0.39 is 0 Å². The molecule has 3 heterocycles. The first-order chi connectivity index (χ1) is 12.9. The number of aryl methyl sites for hydroxylation is 2. The maximum absolute atomic E-state index is 12.7. The Kier molecular flexibility index (Phi) is 5.96. The normalized spacial score (nSPS) is 17.3. The lowest BCUT2D eigenvalue weighted by atomic mass is 10.1. The fourth-order valence-electron chi connectivity index (χ4n) is 3.72. The van der Waals surface area contributed by atoms with Crippen molar-refractivity contribution in [2.45, 2.75) is 20.8 Å².